The molecule has 4 heterocycles. The number of rotatable bonds is 2. The summed E-state index contributed by atoms with van der Waals surface area (Å²) in [5, 5.41) is 3.83. The molecule has 1 amide bonds. The van der Waals surface area contributed by atoms with Crippen molar-refractivity contribution in [2.75, 3.05) is 64.3 Å². The third-order valence-electron chi connectivity index (χ3n) is 6.30. The summed E-state index contributed by atoms with van der Waals surface area (Å²) in [7, 11) is 0. The second kappa shape index (κ2) is 6.80. The molecule has 0 radical (unpaired) electrons. The number of aliphatic imine (C=N–C) groups is 1. The molecule has 144 valence electrons. The van der Waals surface area contributed by atoms with Gasteiger partial charge < -0.3 is 19.9 Å². The molecular weight excluding hydrogens is 342 g/mol. The number of anilines is 1. The van der Waals surface area contributed by atoms with Crippen molar-refractivity contribution in [1.29, 1.82) is 0 Å². The van der Waals surface area contributed by atoms with Crippen molar-refractivity contribution in [1.82, 2.24) is 14.7 Å². The van der Waals surface area contributed by atoms with Crippen molar-refractivity contribution in [3.63, 3.8) is 0 Å². The highest BCUT2D eigenvalue weighted by molar-refractivity contribution is 6.06. The minimum Gasteiger partial charge on any atom is -0.378 e. The van der Waals surface area contributed by atoms with Gasteiger partial charge in [-0.25, -0.2) is 0 Å². The lowest BCUT2D eigenvalue weighted by Crippen LogP contribution is -2.63. The van der Waals surface area contributed by atoms with E-state index in [0.29, 0.717) is 19.8 Å². The maximum Gasteiger partial charge on any atom is 0.236 e. The van der Waals surface area contributed by atoms with Crippen molar-refractivity contribution in [3.8, 4) is 0 Å². The molecule has 1 N–H and O–H groups in total. The van der Waals surface area contributed by atoms with E-state index < -0.39 is 0 Å². The molecule has 27 heavy (non-hydrogen) atoms. The lowest BCUT2D eigenvalue weighted by molar-refractivity contribution is -0.137. The van der Waals surface area contributed by atoms with Gasteiger partial charge in [0.05, 0.1) is 26.3 Å². The number of fused-ring (bicyclic) bond motifs is 4. The Morgan fingerprint density at radius 1 is 1.11 bits per heavy atom. The van der Waals surface area contributed by atoms with Crippen molar-refractivity contribution in [2.45, 2.75) is 18.5 Å². The number of likely N-dealkylation sites (tertiary alicyclic amines) is 1. The number of carbonyl (C=O) groups is 1. The molecule has 2 fully saturated rings. The highest BCUT2D eigenvalue weighted by Gasteiger charge is 2.46. The maximum absolute atomic E-state index is 12.6. The number of morpholine rings is 1. The zero-order valence-electron chi connectivity index (χ0n) is 15.7. The monoisotopic (exact) mass is 369 g/mol. The van der Waals surface area contributed by atoms with Crippen LogP contribution >= 0.6 is 0 Å². The number of nitrogens with zero attached hydrogens (tertiary/aromatic N) is 4. The summed E-state index contributed by atoms with van der Waals surface area (Å²) in [5.74, 6) is 1.38. The first-order valence-electron chi connectivity index (χ1n) is 10.0. The number of amidine groups is 1. The number of hydrogen-bond donors (Lipinski definition) is 1. The Kier molecular flexibility index (Phi) is 4.28. The first-order chi connectivity index (χ1) is 13.3. The van der Waals surface area contributed by atoms with Gasteiger partial charge in [0, 0.05) is 56.8 Å². The summed E-state index contributed by atoms with van der Waals surface area (Å²) >= 11 is 0. The second-order valence-electron chi connectivity index (χ2n) is 7.83. The third kappa shape index (κ3) is 2.99. The van der Waals surface area contributed by atoms with Gasteiger partial charge in [-0.15, -0.1) is 0 Å². The molecule has 0 aromatic heterocycles. The molecule has 0 atom stereocenters. The molecule has 7 nitrogen and oxygen atoms in total. The Morgan fingerprint density at radius 2 is 1.89 bits per heavy atom. The van der Waals surface area contributed by atoms with E-state index in [2.05, 4.69) is 39.4 Å². The average molecular weight is 369 g/mol. The summed E-state index contributed by atoms with van der Waals surface area (Å²) in [4.78, 5) is 24.1. The van der Waals surface area contributed by atoms with E-state index in [4.69, 9.17) is 9.73 Å². The minimum atomic E-state index is -0.0673. The standard InChI is InChI=1S/C20H27N5O2/c26-18(24-11-13-27-14-12-24)15-23-8-5-20(6-9-23)22-17-4-2-1-3-16(17)19-21-7-10-25(19)20/h1-4,22H,5-15H2. The highest BCUT2D eigenvalue weighted by atomic mass is 16.5. The van der Waals surface area contributed by atoms with Crippen LogP contribution in [0.3, 0.4) is 0 Å². The summed E-state index contributed by atoms with van der Waals surface area (Å²) in [6.07, 6.45) is 1.99. The number of carbonyl (C=O) groups excluding carboxylic acids is 1. The Bertz CT molecular complexity index is 750. The van der Waals surface area contributed by atoms with Crippen LogP contribution in [-0.2, 0) is 9.53 Å². The van der Waals surface area contributed by atoms with Gasteiger partial charge >= 0.3 is 0 Å². The Morgan fingerprint density at radius 3 is 2.70 bits per heavy atom. The summed E-state index contributed by atoms with van der Waals surface area (Å²) in [6.45, 7) is 6.99. The molecule has 2 saturated heterocycles. The van der Waals surface area contributed by atoms with E-state index in [1.165, 1.54) is 11.3 Å². The molecule has 0 aliphatic carbocycles. The van der Waals surface area contributed by atoms with Crippen LogP contribution in [-0.4, -0.2) is 91.1 Å². The van der Waals surface area contributed by atoms with Gasteiger partial charge in [-0.2, -0.15) is 0 Å². The fourth-order valence-corrected chi connectivity index (χ4v) is 4.78. The number of ether oxygens (including phenoxy) is 1. The van der Waals surface area contributed by atoms with E-state index in [1.54, 1.807) is 0 Å². The van der Waals surface area contributed by atoms with Crippen LogP contribution in [0.25, 0.3) is 0 Å². The quantitative estimate of drug-likeness (QED) is 0.837. The van der Waals surface area contributed by atoms with Crippen LogP contribution in [0.2, 0.25) is 0 Å². The van der Waals surface area contributed by atoms with Gasteiger partial charge in [-0.3, -0.25) is 14.7 Å². The van der Waals surface area contributed by atoms with Crippen molar-refractivity contribution in [3.05, 3.63) is 29.8 Å². The summed E-state index contributed by atoms with van der Waals surface area (Å²) in [6, 6.07) is 8.48. The van der Waals surface area contributed by atoms with Crippen molar-refractivity contribution in [2.24, 2.45) is 4.99 Å². The molecule has 1 spiro atoms. The van der Waals surface area contributed by atoms with E-state index in [-0.39, 0.29) is 11.6 Å². The number of hydrogen-bond acceptors (Lipinski definition) is 6. The molecule has 0 saturated carbocycles. The van der Waals surface area contributed by atoms with E-state index >= 15 is 0 Å². The molecule has 5 rings (SSSR count). The smallest absolute Gasteiger partial charge is 0.236 e. The fourth-order valence-electron chi connectivity index (χ4n) is 4.78. The predicted octanol–water partition coefficient (Wildman–Crippen LogP) is 0.825. The molecule has 7 heteroatoms. The van der Waals surface area contributed by atoms with Gasteiger partial charge in [0.1, 0.15) is 11.5 Å². The molecule has 4 aliphatic rings. The van der Waals surface area contributed by atoms with E-state index in [1.807, 2.05) is 4.90 Å². The van der Waals surface area contributed by atoms with E-state index in [9.17, 15) is 4.79 Å². The normalized spacial score (nSPS) is 24.2. The topological polar surface area (TPSA) is 60.4 Å². The van der Waals surface area contributed by atoms with Gasteiger partial charge in [0.25, 0.3) is 0 Å². The van der Waals surface area contributed by atoms with Crippen LogP contribution in [0.15, 0.2) is 29.3 Å². The molecule has 1 aromatic carbocycles. The van der Waals surface area contributed by atoms with Gasteiger partial charge in [-0.1, -0.05) is 12.1 Å². The Labute approximate surface area is 160 Å². The van der Waals surface area contributed by atoms with Crippen LogP contribution in [0.1, 0.15) is 18.4 Å². The molecule has 0 bridgehead atoms. The number of nitrogens with one attached hydrogen (secondary N) is 1. The zero-order chi connectivity index (χ0) is 18.3. The van der Waals surface area contributed by atoms with Gasteiger partial charge in [0.15, 0.2) is 0 Å². The Hall–Kier alpha value is -2.12. The lowest BCUT2D eigenvalue weighted by Gasteiger charge is -2.52. The van der Waals surface area contributed by atoms with Crippen LogP contribution in [0.4, 0.5) is 5.69 Å². The molecule has 1 aromatic rings. The van der Waals surface area contributed by atoms with Gasteiger partial charge in [-0.05, 0) is 12.1 Å². The second-order valence-corrected chi connectivity index (χ2v) is 7.83. The molecule has 4 aliphatic heterocycles. The fraction of sp³-hybridized carbons (Fsp3) is 0.600. The third-order valence-corrected chi connectivity index (χ3v) is 6.30. The number of piperidine rings is 1. The summed E-state index contributed by atoms with van der Waals surface area (Å²) < 4.78 is 5.35. The lowest BCUT2D eigenvalue weighted by atomic mass is 9.90. The summed E-state index contributed by atoms with van der Waals surface area (Å²) in [5.41, 5.74) is 2.33. The van der Waals surface area contributed by atoms with Crippen molar-refractivity contribution >= 4 is 17.4 Å². The van der Waals surface area contributed by atoms with Crippen LogP contribution in [0, 0.1) is 0 Å². The number of amides is 1. The first kappa shape index (κ1) is 17.0. The van der Waals surface area contributed by atoms with Crippen LogP contribution < -0.4 is 5.32 Å². The SMILES string of the molecule is O=C(CN1CCC2(CC1)Nc1ccccc1C1=NCCN12)N1CCOCC1. The van der Waals surface area contributed by atoms with Gasteiger partial charge in [0.2, 0.25) is 5.91 Å². The first-order valence-corrected chi connectivity index (χ1v) is 10.0. The average Bonchev–Trinajstić information content (AvgIpc) is 3.22. The van der Waals surface area contributed by atoms with Crippen LogP contribution in [0.5, 0.6) is 0 Å². The minimum absolute atomic E-state index is 0.0673. The number of para-hydroxylation sites is 1. The zero-order valence-corrected chi connectivity index (χ0v) is 15.7. The molecular formula is C20H27N5O2. The number of benzene rings is 1. The maximum atomic E-state index is 12.6. The van der Waals surface area contributed by atoms with E-state index in [0.717, 1.165) is 57.9 Å². The predicted molar refractivity (Wildman–Crippen MR) is 104 cm³/mol. The molecule has 0 unspecified atom stereocenters. The highest BCUT2D eigenvalue weighted by Crippen LogP contribution is 2.39. The Balaban J connectivity index is 1.27. The largest absolute Gasteiger partial charge is 0.378 e. The van der Waals surface area contributed by atoms with Crippen molar-refractivity contribution < 1.29 is 9.53 Å².